The summed E-state index contributed by atoms with van der Waals surface area (Å²) >= 11 is 7.97. The maximum Gasteiger partial charge on any atom is 0.0548 e. The molecule has 0 spiro atoms. The highest BCUT2D eigenvalue weighted by Gasteiger charge is 2.08. The van der Waals surface area contributed by atoms with E-state index in [9.17, 15) is 0 Å². The minimum Gasteiger partial charge on any atom is -0.326 e. The quantitative estimate of drug-likeness (QED) is 0.728. The van der Waals surface area contributed by atoms with Crippen molar-refractivity contribution in [3.05, 3.63) is 71.2 Å². The molecular formula is C17H14ClNS. The van der Waals surface area contributed by atoms with Gasteiger partial charge in [0, 0.05) is 16.3 Å². The molecule has 3 aromatic carbocycles. The Balaban J connectivity index is 2.01. The normalized spacial score (nSPS) is 10.9. The van der Waals surface area contributed by atoms with E-state index in [1.165, 1.54) is 15.7 Å². The first-order valence-electron chi connectivity index (χ1n) is 6.42. The number of nitrogens with two attached hydrogens (primary N) is 1. The molecule has 0 saturated heterocycles. The zero-order valence-electron chi connectivity index (χ0n) is 10.8. The first kappa shape index (κ1) is 13.5. The summed E-state index contributed by atoms with van der Waals surface area (Å²) in [6.45, 7) is 0.497. The number of fused-ring (bicyclic) bond motifs is 1. The van der Waals surface area contributed by atoms with Gasteiger partial charge in [0.25, 0.3) is 0 Å². The molecule has 0 amide bonds. The van der Waals surface area contributed by atoms with Gasteiger partial charge in [0.2, 0.25) is 0 Å². The van der Waals surface area contributed by atoms with E-state index < -0.39 is 0 Å². The van der Waals surface area contributed by atoms with Crippen LogP contribution in [0.25, 0.3) is 10.8 Å². The summed E-state index contributed by atoms with van der Waals surface area (Å²) in [4.78, 5) is 2.22. The fourth-order valence-corrected chi connectivity index (χ4v) is 3.49. The predicted octanol–water partition coefficient (Wildman–Crippen LogP) is 5.10. The second-order valence-electron chi connectivity index (χ2n) is 4.54. The fourth-order valence-electron chi connectivity index (χ4n) is 2.18. The van der Waals surface area contributed by atoms with Gasteiger partial charge < -0.3 is 5.73 Å². The molecule has 0 atom stereocenters. The van der Waals surface area contributed by atoms with Crippen molar-refractivity contribution in [2.45, 2.75) is 16.3 Å². The van der Waals surface area contributed by atoms with Crippen molar-refractivity contribution < 1.29 is 0 Å². The zero-order valence-corrected chi connectivity index (χ0v) is 12.4. The van der Waals surface area contributed by atoms with Gasteiger partial charge in [0.05, 0.1) is 5.02 Å². The van der Waals surface area contributed by atoms with Gasteiger partial charge in [-0.25, -0.2) is 0 Å². The maximum absolute atomic E-state index is 6.30. The number of rotatable bonds is 3. The lowest BCUT2D eigenvalue weighted by molar-refractivity contribution is 1.03. The molecular weight excluding hydrogens is 286 g/mol. The SMILES string of the molecule is NCc1cccc(Cl)c1Sc1ccc2ccccc2c1. The molecule has 0 aliphatic carbocycles. The number of halogens is 1. The Hall–Kier alpha value is -1.48. The van der Waals surface area contributed by atoms with E-state index in [0.717, 1.165) is 15.5 Å². The molecule has 0 unspecified atom stereocenters. The smallest absolute Gasteiger partial charge is 0.0548 e. The third-order valence-electron chi connectivity index (χ3n) is 3.21. The van der Waals surface area contributed by atoms with Crippen LogP contribution < -0.4 is 5.73 Å². The van der Waals surface area contributed by atoms with Gasteiger partial charge in [-0.15, -0.1) is 0 Å². The first-order chi connectivity index (χ1) is 9.78. The van der Waals surface area contributed by atoms with Crippen molar-refractivity contribution in [1.29, 1.82) is 0 Å². The van der Waals surface area contributed by atoms with Crippen LogP contribution in [-0.2, 0) is 6.54 Å². The Morgan fingerprint density at radius 3 is 2.50 bits per heavy atom. The van der Waals surface area contributed by atoms with E-state index in [1.54, 1.807) is 11.8 Å². The topological polar surface area (TPSA) is 26.0 Å². The van der Waals surface area contributed by atoms with Crippen LogP contribution in [0, 0.1) is 0 Å². The average Bonchev–Trinajstić information content (AvgIpc) is 2.49. The van der Waals surface area contributed by atoms with E-state index in [4.69, 9.17) is 17.3 Å². The molecule has 3 aromatic rings. The Kier molecular flexibility index (Phi) is 3.97. The van der Waals surface area contributed by atoms with E-state index in [0.29, 0.717) is 6.54 Å². The van der Waals surface area contributed by atoms with Crippen LogP contribution in [0.5, 0.6) is 0 Å². The second kappa shape index (κ2) is 5.88. The van der Waals surface area contributed by atoms with Gasteiger partial charge in [-0.2, -0.15) is 0 Å². The largest absolute Gasteiger partial charge is 0.326 e. The number of hydrogen-bond acceptors (Lipinski definition) is 2. The van der Waals surface area contributed by atoms with Crippen LogP contribution >= 0.6 is 23.4 Å². The summed E-state index contributed by atoms with van der Waals surface area (Å²) in [6.07, 6.45) is 0. The van der Waals surface area contributed by atoms with Crippen molar-refractivity contribution >= 4 is 34.1 Å². The molecule has 2 N–H and O–H groups in total. The summed E-state index contributed by atoms with van der Waals surface area (Å²) < 4.78 is 0. The zero-order chi connectivity index (χ0) is 13.9. The summed E-state index contributed by atoms with van der Waals surface area (Å²) in [7, 11) is 0. The van der Waals surface area contributed by atoms with Crippen molar-refractivity contribution in [2.75, 3.05) is 0 Å². The molecule has 0 heterocycles. The Bertz CT molecular complexity index is 755. The van der Waals surface area contributed by atoms with Gasteiger partial charge in [-0.05, 0) is 34.5 Å². The van der Waals surface area contributed by atoms with Crippen LogP contribution in [0.15, 0.2) is 70.5 Å². The third kappa shape index (κ3) is 2.68. The van der Waals surface area contributed by atoms with Crippen molar-refractivity contribution in [1.82, 2.24) is 0 Å². The van der Waals surface area contributed by atoms with Crippen LogP contribution in [0.1, 0.15) is 5.56 Å². The van der Waals surface area contributed by atoms with Crippen LogP contribution in [0.4, 0.5) is 0 Å². The highest BCUT2D eigenvalue weighted by molar-refractivity contribution is 7.99. The van der Waals surface area contributed by atoms with Crippen LogP contribution in [-0.4, -0.2) is 0 Å². The molecule has 20 heavy (non-hydrogen) atoms. The molecule has 0 bridgehead atoms. The maximum atomic E-state index is 6.30. The van der Waals surface area contributed by atoms with Gasteiger partial charge in [-0.1, -0.05) is 65.8 Å². The van der Waals surface area contributed by atoms with Gasteiger partial charge in [0.1, 0.15) is 0 Å². The van der Waals surface area contributed by atoms with Crippen LogP contribution in [0.2, 0.25) is 5.02 Å². The third-order valence-corrected chi connectivity index (χ3v) is 4.81. The van der Waals surface area contributed by atoms with E-state index in [-0.39, 0.29) is 0 Å². The Labute approximate surface area is 127 Å². The highest BCUT2D eigenvalue weighted by Crippen LogP contribution is 2.36. The molecule has 0 fully saturated rings. The van der Waals surface area contributed by atoms with Crippen molar-refractivity contribution in [3.63, 3.8) is 0 Å². The van der Waals surface area contributed by atoms with Crippen molar-refractivity contribution in [2.24, 2.45) is 5.73 Å². The molecule has 3 rings (SSSR count). The monoisotopic (exact) mass is 299 g/mol. The van der Waals surface area contributed by atoms with E-state index in [1.807, 2.05) is 18.2 Å². The minimum atomic E-state index is 0.497. The molecule has 0 saturated carbocycles. The Morgan fingerprint density at radius 2 is 1.70 bits per heavy atom. The lowest BCUT2D eigenvalue weighted by atomic mass is 10.1. The highest BCUT2D eigenvalue weighted by atomic mass is 35.5. The summed E-state index contributed by atoms with van der Waals surface area (Å²) in [5, 5.41) is 3.24. The van der Waals surface area contributed by atoms with Gasteiger partial charge in [-0.3, -0.25) is 0 Å². The molecule has 1 nitrogen and oxygen atoms in total. The summed E-state index contributed by atoms with van der Waals surface area (Å²) in [5.41, 5.74) is 6.87. The molecule has 0 aliphatic rings. The van der Waals surface area contributed by atoms with Gasteiger partial charge in [0.15, 0.2) is 0 Å². The molecule has 0 aliphatic heterocycles. The summed E-state index contributed by atoms with van der Waals surface area (Å²) in [5.74, 6) is 0. The molecule has 0 radical (unpaired) electrons. The van der Waals surface area contributed by atoms with E-state index >= 15 is 0 Å². The standard InChI is InChI=1S/C17H14ClNS/c18-16-7-3-6-14(11-19)17(16)20-15-9-8-12-4-1-2-5-13(12)10-15/h1-10H,11,19H2. The van der Waals surface area contributed by atoms with E-state index in [2.05, 4.69) is 42.5 Å². The number of benzene rings is 3. The molecule has 0 aromatic heterocycles. The molecule has 3 heteroatoms. The molecule has 100 valence electrons. The average molecular weight is 300 g/mol. The summed E-state index contributed by atoms with van der Waals surface area (Å²) in [6, 6.07) is 20.7. The van der Waals surface area contributed by atoms with Crippen LogP contribution in [0.3, 0.4) is 0 Å². The first-order valence-corrected chi connectivity index (χ1v) is 7.61. The lowest BCUT2D eigenvalue weighted by Crippen LogP contribution is -1.98. The van der Waals surface area contributed by atoms with Crippen molar-refractivity contribution in [3.8, 4) is 0 Å². The second-order valence-corrected chi connectivity index (χ2v) is 6.03. The Morgan fingerprint density at radius 1 is 0.900 bits per heavy atom. The predicted molar refractivity (Wildman–Crippen MR) is 87.4 cm³/mol. The minimum absolute atomic E-state index is 0.497. The fraction of sp³-hybridized carbons (Fsp3) is 0.0588. The van der Waals surface area contributed by atoms with Gasteiger partial charge >= 0.3 is 0 Å². The number of hydrogen-bond donors (Lipinski definition) is 1. The lowest BCUT2D eigenvalue weighted by Gasteiger charge is -2.10.